The first-order valence-corrected chi connectivity index (χ1v) is 8.56. The van der Waals surface area contributed by atoms with Gasteiger partial charge in [0.25, 0.3) is 17.7 Å². The summed E-state index contributed by atoms with van der Waals surface area (Å²) in [6.45, 7) is 0. The number of hydrogen-bond donors (Lipinski definition) is 2. The van der Waals surface area contributed by atoms with Gasteiger partial charge in [0, 0.05) is 11.3 Å². The normalized spacial score (nSPS) is 12.0. The summed E-state index contributed by atoms with van der Waals surface area (Å²) in [5.74, 6) is -0.509. The molecule has 2 aromatic carbocycles. The summed E-state index contributed by atoms with van der Waals surface area (Å²) >= 11 is -2.26. The van der Waals surface area contributed by atoms with Gasteiger partial charge in [-0.1, -0.05) is 0 Å². The molecular formula is C17H11F3N4O2S. The van der Waals surface area contributed by atoms with E-state index < -0.39 is 29.2 Å². The molecule has 6 nitrogen and oxygen atoms in total. The number of nitrogens with zero attached hydrogens (tertiary/aromatic N) is 3. The fourth-order valence-corrected chi connectivity index (χ4v) is 2.87. The number of hydrogen-bond acceptors (Lipinski definition) is 3. The highest BCUT2D eigenvalue weighted by Gasteiger charge is 2.25. The molecule has 3 rings (SSSR count). The molecule has 0 saturated heterocycles. The van der Waals surface area contributed by atoms with Crippen molar-refractivity contribution in [2.24, 2.45) is 0 Å². The number of halogens is 3. The van der Waals surface area contributed by atoms with Crippen LogP contribution in [0, 0.1) is 17.1 Å². The Morgan fingerprint density at radius 3 is 2.30 bits per heavy atom. The zero-order chi connectivity index (χ0) is 19.6. The van der Waals surface area contributed by atoms with Crippen LogP contribution in [0.25, 0.3) is 16.9 Å². The van der Waals surface area contributed by atoms with Crippen LogP contribution in [0.5, 0.6) is 0 Å². The molecule has 1 heterocycles. The Morgan fingerprint density at radius 1 is 1.15 bits per heavy atom. The third-order valence-corrected chi connectivity index (χ3v) is 4.08. The summed E-state index contributed by atoms with van der Waals surface area (Å²) < 4.78 is 63.0. The Labute approximate surface area is 154 Å². The van der Waals surface area contributed by atoms with Crippen LogP contribution >= 0.6 is 0 Å². The van der Waals surface area contributed by atoms with Crippen LogP contribution in [0.2, 0.25) is 0 Å². The van der Waals surface area contributed by atoms with Crippen molar-refractivity contribution in [1.82, 2.24) is 9.78 Å². The average Bonchev–Trinajstić information content (AvgIpc) is 3.02. The van der Waals surface area contributed by atoms with Crippen molar-refractivity contribution < 1.29 is 21.9 Å². The van der Waals surface area contributed by atoms with Crippen LogP contribution in [0.3, 0.4) is 0 Å². The van der Waals surface area contributed by atoms with Gasteiger partial charge in [0.05, 0.1) is 11.4 Å². The Hall–Kier alpha value is -3.16. The van der Waals surface area contributed by atoms with Gasteiger partial charge in [0.15, 0.2) is 0 Å². The summed E-state index contributed by atoms with van der Waals surface area (Å²) in [5, 5.41) is 13.2. The molecule has 0 fully saturated rings. The Kier molecular flexibility index (Phi) is 5.25. The topological polar surface area (TPSA) is 90.9 Å². The zero-order valence-corrected chi connectivity index (χ0v) is 14.3. The molecule has 0 aliphatic rings. The van der Waals surface area contributed by atoms with E-state index in [2.05, 4.69) is 9.82 Å². The van der Waals surface area contributed by atoms with Crippen molar-refractivity contribution >= 4 is 17.0 Å². The molecule has 0 saturated carbocycles. The van der Waals surface area contributed by atoms with E-state index in [0.29, 0.717) is 16.9 Å². The van der Waals surface area contributed by atoms with E-state index in [-0.39, 0.29) is 11.3 Å². The predicted octanol–water partition coefficient (Wildman–Crippen LogP) is 4.04. The number of rotatable bonds is 5. The summed E-state index contributed by atoms with van der Waals surface area (Å²) in [6, 6.07) is 12.6. The maximum absolute atomic E-state index is 13.4. The van der Waals surface area contributed by atoms with E-state index in [9.17, 15) is 22.6 Å². The van der Waals surface area contributed by atoms with Gasteiger partial charge in [0.1, 0.15) is 23.1 Å². The third kappa shape index (κ3) is 3.84. The van der Waals surface area contributed by atoms with Gasteiger partial charge in [-0.3, -0.25) is 9.27 Å². The minimum absolute atomic E-state index is 0.0965. The Balaban J connectivity index is 2.18. The Bertz CT molecular complexity index is 1030. The SMILES string of the molecule is N#Cc1c(C(F)F)nn(-c2ccc(NS(=O)O)cc2)c1-c1ccc(F)cc1. The third-order valence-electron chi connectivity index (χ3n) is 3.67. The number of benzene rings is 2. The van der Waals surface area contributed by atoms with Crippen molar-refractivity contribution in [3.63, 3.8) is 0 Å². The first kappa shape index (κ1) is 18.6. The molecule has 1 unspecified atom stereocenters. The molecule has 2 N–H and O–H groups in total. The largest absolute Gasteiger partial charge is 0.289 e. The highest BCUT2D eigenvalue weighted by atomic mass is 32.2. The average molecular weight is 392 g/mol. The maximum Gasteiger partial charge on any atom is 0.283 e. The second-order valence-electron chi connectivity index (χ2n) is 5.34. The molecule has 1 aromatic heterocycles. The van der Waals surface area contributed by atoms with Crippen molar-refractivity contribution in [3.8, 4) is 23.0 Å². The van der Waals surface area contributed by atoms with E-state index in [0.717, 1.165) is 16.8 Å². The van der Waals surface area contributed by atoms with E-state index in [4.69, 9.17) is 4.55 Å². The van der Waals surface area contributed by atoms with Crippen molar-refractivity contribution in [2.45, 2.75) is 6.43 Å². The van der Waals surface area contributed by atoms with E-state index in [1.165, 1.54) is 36.4 Å². The summed E-state index contributed by atoms with van der Waals surface area (Å²) in [5.41, 5.74) is 0.104. The predicted molar refractivity (Wildman–Crippen MR) is 93.0 cm³/mol. The summed E-state index contributed by atoms with van der Waals surface area (Å²) in [4.78, 5) is 0. The first-order chi connectivity index (χ1) is 12.9. The minimum Gasteiger partial charge on any atom is -0.289 e. The molecule has 0 aliphatic heterocycles. The van der Waals surface area contributed by atoms with Crippen LogP contribution < -0.4 is 4.72 Å². The van der Waals surface area contributed by atoms with Crippen molar-refractivity contribution in [2.75, 3.05) is 4.72 Å². The molecule has 3 aromatic rings. The Morgan fingerprint density at radius 2 is 1.78 bits per heavy atom. The van der Waals surface area contributed by atoms with Gasteiger partial charge in [0.2, 0.25) is 0 Å². The molecule has 0 bridgehead atoms. The smallest absolute Gasteiger partial charge is 0.283 e. The fourth-order valence-electron chi connectivity index (χ4n) is 2.53. The van der Waals surface area contributed by atoms with E-state index in [1.54, 1.807) is 6.07 Å². The van der Waals surface area contributed by atoms with Crippen molar-refractivity contribution in [1.29, 1.82) is 5.26 Å². The minimum atomic E-state index is -2.97. The van der Waals surface area contributed by atoms with Gasteiger partial charge in [-0.2, -0.15) is 10.4 Å². The van der Waals surface area contributed by atoms with Crippen molar-refractivity contribution in [3.05, 3.63) is 65.6 Å². The van der Waals surface area contributed by atoms with Gasteiger partial charge >= 0.3 is 0 Å². The number of aromatic nitrogens is 2. The van der Waals surface area contributed by atoms with Gasteiger partial charge in [-0.15, -0.1) is 0 Å². The van der Waals surface area contributed by atoms with E-state index in [1.807, 2.05) is 0 Å². The summed E-state index contributed by atoms with van der Waals surface area (Å²) in [6.07, 6.45) is -2.97. The molecule has 27 heavy (non-hydrogen) atoms. The highest BCUT2D eigenvalue weighted by molar-refractivity contribution is 7.80. The number of alkyl halides is 2. The molecule has 0 amide bonds. The van der Waals surface area contributed by atoms with Crippen LogP contribution in [-0.2, 0) is 11.3 Å². The standard InChI is InChI=1S/C17H11F3N4O2S/c18-11-3-1-10(2-4-11)16-14(9-21)15(17(19)20)22-24(16)13-7-5-12(6-8-13)23-27(25)26/h1-8,17,23H,(H,25,26). The van der Waals surface area contributed by atoms with Gasteiger partial charge < -0.3 is 0 Å². The molecule has 0 spiro atoms. The first-order valence-electron chi connectivity index (χ1n) is 7.45. The molecule has 1 atom stereocenters. The molecule has 0 aliphatic carbocycles. The molecule has 10 heteroatoms. The lowest BCUT2D eigenvalue weighted by Gasteiger charge is -2.09. The second kappa shape index (κ2) is 7.61. The van der Waals surface area contributed by atoms with Gasteiger partial charge in [-0.05, 0) is 48.5 Å². The fraction of sp³-hybridized carbons (Fsp3) is 0.0588. The lowest BCUT2D eigenvalue weighted by Crippen LogP contribution is -2.03. The van der Waals surface area contributed by atoms with E-state index >= 15 is 0 Å². The lowest BCUT2D eigenvalue weighted by molar-refractivity contribution is 0.145. The summed E-state index contributed by atoms with van der Waals surface area (Å²) in [7, 11) is 0. The highest BCUT2D eigenvalue weighted by Crippen LogP contribution is 2.33. The quantitative estimate of drug-likeness (QED) is 0.641. The van der Waals surface area contributed by atoms with Crippen LogP contribution in [0.15, 0.2) is 48.5 Å². The number of nitriles is 1. The molecule has 0 radical (unpaired) electrons. The maximum atomic E-state index is 13.4. The lowest BCUT2D eigenvalue weighted by atomic mass is 10.1. The zero-order valence-electron chi connectivity index (χ0n) is 13.4. The monoisotopic (exact) mass is 392 g/mol. The molecular weight excluding hydrogens is 381 g/mol. The van der Waals surface area contributed by atoms with Crippen LogP contribution in [-0.4, -0.2) is 18.5 Å². The second-order valence-corrected chi connectivity index (χ2v) is 6.04. The molecule has 138 valence electrons. The van der Waals surface area contributed by atoms with Crippen LogP contribution in [0.1, 0.15) is 17.7 Å². The number of anilines is 1. The van der Waals surface area contributed by atoms with Crippen LogP contribution in [0.4, 0.5) is 18.9 Å². The number of nitrogens with one attached hydrogen (secondary N) is 1. The van der Waals surface area contributed by atoms with Gasteiger partial charge in [-0.25, -0.2) is 22.1 Å².